The van der Waals surface area contributed by atoms with E-state index in [1.54, 1.807) is 16.2 Å². The molecule has 1 aromatic carbocycles. The van der Waals surface area contributed by atoms with Gasteiger partial charge in [0.2, 0.25) is 11.8 Å². The summed E-state index contributed by atoms with van der Waals surface area (Å²) < 4.78 is 11.5. The molecule has 0 saturated carbocycles. The lowest BCUT2D eigenvalue weighted by molar-refractivity contribution is -0.133. The minimum absolute atomic E-state index is 0.0331. The molecule has 30 heavy (non-hydrogen) atoms. The number of thiophene rings is 1. The number of benzene rings is 1. The third-order valence-electron chi connectivity index (χ3n) is 4.51. The highest BCUT2D eigenvalue weighted by Crippen LogP contribution is 2.23. The summed E-state index contributed by atoms with van der Waals surface area (Å²) in [5.74, 6) is 1.83. The first-order valence-electron chi connectivity index (χ1n) is 10.1. The Hall–Kier alpha value is -2.71. The van der Waals surface area contributed by atoms with Crippen molar-refractivity contribution in [3.63, 3.8) is 0 Å². The van der Waals surface area contributed by atoms with Gasteiger partial charge in [0.25, 0.3) is 5.89 Å². The monoisotopic (exact) mass is 428 g/mol. The summed E-state index contributed by atoms with van der Waals surface area (Å²) >= 11 is 1.54. The van der Waals surface area contributed by atoms with Gasteiger partial charge in [0.1, 0.15) is 12.4 Å². The van der Waals surface area contributed by atoms with Crippen LogP contribution in [0.1, 0.15) is 24.8 Å². The predicted molar refractivity (Wildman–Crippen MR) is 117 cm³/mol. The first-order valence-corrected chi connectivity index (χ1v) is 10.9. The molecule has 0 bridgehead atoms. The second-order valence-corrected chi connectivity index (χ2v) is 8.14. The third-order valence-corrected chi connectivity index (χ3v) is 5.37. The summed E-state index contributed by atoms with van der Waals surface area (Å²) in [5.41, 5.74) is 1.16. The Kier molecular flexibility index (Phi) is 7.98. The van der Waals surface area contributed by atoms with E-state index in [9.17, 15) is 4.79 Å². The van der Waals surface area contributed by atoms with Crippen molar-refractivity contribution in [1.29, 1.82) is 0 Å². The molecule has 1 amide bonds. The Balaban J connectivity index is 1.49. The van der Waals surface area contributed by atoms with Crippen molar-refractivity contribution in [2.24, 2.45) is 0 Å². The van der Waals surface area contributed by atoms with Crippen LogP contribution < -0.4 is 4.74 Å². The summed E-state index contributed by atoms with van der Waals surface area (Å²) in [6.07, 6.45) is 0.859. The van der Waals surface area contributed by atoms with Crippen LogP contribution in [0.25, 0.3) is 10.8 Å². The molecule has 0 unspecified atom stereocenters. The molecule has 2 heterocycles. The lowest BCUT2D eigenvalue weighted by Crippen LogP contribution is -2.40. The number of carbonyl (C=O) groups is 1. The molecule has 0 atom stereocenters. The average molecular weight is 429 g/mol. The van der Waals surface area contributed by atoms with Crippen molar-refractivity contribution in [3.8, 4) is 16.5 Å². The maximum absolute atomic E-state index is 12.8. The predicted octanol–water partition coefficient (Wildman–Crippen LogP) is 3.86. The zero-order chi connectivity index (χ0) is 21.3. The summed E-state index contributed by atoms with van der Waals surface area (Å²) in [6.45, 7) is 6.53. The van der Waals surface area contributed by atoms with Gasteiger partial charge in [-0.05, 0) is 49.5 Å². The molecule has 0 aliphatic heterocycles. The number of ether oxygens (including phenoxy) is 1. The van der Waals surface area contributed by atoms with Crippen molar-refractivity contribution in [3.05, 3.63) is 53.2 Å². The van der Waals surface area contributed by atoms with Crippen molar-refractivity contribution in [2.45, 2.75) is 26.8 Å². The number of carbonyl (C=O) groups excluding carboxylic acids is 1. The fourth-order valence-corrected chi connectivity index (χ4v) is 3.62. The van der Waals surface area contributed by atoms with Crippen molar-refractivity contribution >= 4 is 17.2 Å². The summed E-state index contributed by atoms with van der Waals surface area (Å²) in [6, 6.07) is 11.8. The van der Waals surface area contributed by atoms with Gasteiger partial charge in [-0.15, -0.1) is 21.5 Å². The molecule has 0 spiro atoms. The molecule has 0 radical (unpaired) electrons. The van der Waals surface area contributed by atoms with Crippen LogP contribution in [0.4, 0.5) is 0 Å². The zero-order valence-electron chi connectivity index (χ0n) is 17.7. The smallest absolute Gasteiger partial charge is 0.257 e. The molecule has 2 aromatic heterocycles. The second-order valence-electron chi connectivity index (χ2n) is 7.20. The molecule has 3 aromatic rings. The normalized spacial score (nSPS) is 11.1. The highest BCUT2D eigenvalue weighted by atomic mass is 32.1. The number of rotatable bonds is 11. The van der Waals surface area contributed by atoms with Gasteiger partial charge in [-0.25, -0.2) is 0 Å². The zero-order valence-corrected chi connectivity index (χ0v) is 18.5. The van der Waals surface area contributed by atoms with Gasteiger partial charge < -0.3 is 14.1 Å². The topological polar surface area (TPSA) is 71.7 Å². The molecular formula is C22H28N4O3S. The van der Waals surface area contributed by atoms with Gasteiger partial charge in [-0.1, -0.05) is 25.1 Å². The first kappa shape index (κ1) is 22.0. The summed E-state index contributed by atoms with van der Waals surface area (Å²) in [7, 11) is 1.92. The molecule has 0 aliphatic rings. The molecule has 0 N–H and O–H groups in total. The number of hydrogen-bond acceptors (Lipinski definition) is 7. The van der Waals surface area contributed by atoms with E-state index < -0.39 is 0 Å². The van der Waals surface area contributed by atoms with Crippen LogP contribution in [0.15, 0.2) is 46.2 Å². The Labute approximate surface area is 181 Å². The minimum atomic E-state index is 0.0331. The van der Waals surface area contributed by atoms with Gasteiger partial charge in [0, 0.05) is 13.1 Å². The van der Waals surface area contributed by atoms with Gasteiger partial charge in [0.15, 0.2) is 0 Å². The van der Waals surface area contributed by atoms with Crippen molar-refractivity contribution < 1.29 is 13.9 Å². The molecule has 8 heteroatoms. The number of amides is 1. The van der Waals surface area contributed by atoms with Crippen LogP contribution in [0.2, 0.25) is 0 Å². The maximum Gasteiger partial charge on any atom is 0.257 e. The minimum Gasteiger partial charge on any atom is -0.492 e. The maximum atomic E-state index is 12.8. The molecule has 3 rings (SSSR count). The van der Waals surface area contributed by atoms with Gasteiger partial charge >= 0.3 is 0 Å². The lowest BCUT2D eigenvalue weighted by atomic mass is 10.2. The Morgan fingerprint density at radius 3 is 2.80 bits per heavy atom. The molecule has 0 aliphatic carbocycles. The van der Waals surface area contributed by atoms with Crippen LogP contribution in [-0.2, 0) is 11.3 Å². The average Bonchev–Trinajstić information content (AvgIpc) is 3.39. The molecule has 0 fully saturated rings. The second kappa shape index (κ2) is 10.9. The van der Waals surface area contributed by atoms with E-state index in [0.717, 1.165) is 22.6 Å². The number of nitrogens with zero attached hydrogens (tertiary/aromatic N) is 4. The van der Waals surface area contributed by atoms with E-state index in [1.807, 2.05) is 67.6 Å². The molecule has 7 nitrogen and oxygen atoms in total. The number of hydrogen-bond donors (Lipinski definition) is 0. The van der Waals surface area contributed by atoms with Gasteiger partial charge in [-0.2, -0.15) is 0 Å². The molecule has 0 saturated heterocycles. The quantitative estimate of drug-likeness (QED) is 0.462. The third kappa shape index (κ3) is 6.40. The Morgan fingerprint density at radius 1 is 1.20 bits per heavy atom. The standard InChI is InChI=1S/C22H28N4O3S/c1-4-10-26(15-20-23-24-22(29-20)19-9-6-13-30-19)21(27)16-25(3)11-12-28-18-8-5-7-17(2)14-18/h5-9,13-14H,4,10-12,15-16H2,1-3H3. The van der Waals surface area contributed by atoms with Crippen LogP contribution >= 0.6 is 11.3 Å². The largest absolute Gasteiger partial charge is 0.492 e. The first-order chi connectivity index (χ1) is 14.5. The SMILES string of the molecule is CCCN(Cc1nnc(-c2cccs2)o1)C(=O)CN(C)CCOc1cccc(C)c1. The highest BCUT2D eigenvalue weighted by Gasteiger charge is 2.19. The highest BCUT2D eigenvalue weighted by molar-refractivity contribution is 7.13. The fraction of sp³-hybridized carbons (Fsp3) is 0.409. The summed E-state index contributed by atoms with van der Waals surface area (Å²) in [5, 5.41) is 10.2. The van der Waals surface area contributed by atoms with E-state index in [-0.39, 0.29) is 5.91 Å². The number of likely N-dealkylation sites (N-methyl/N-ethyl adjacent to an activating group) is 1. The van der Waals surface area contributed by atoms with Crippen molar-refractivity contribution in [1.82, 2.24) is 20.0 Å². The van der Waals surface area contributed by atoms with Crippen LogP contribution in [0.3, 0.4) is 0 Å². The molecular weight excluding hydrogens is 400 g/mol. The van der Waals surface area contributed by atoms with E-state index in [0.29, 0.717) is 44.6 Å². The van der Waals surface area contributed by atoms with Crippen LogP contribution in [0.5, 0.6) is 5.75 Å². The lowest BCUT2D eigenvalue weighted by Gasteiger charge is -2.24. The number of aryl methyl sites for hydroxylation is 1. The van der Waals surface area contributed by atoms with E-state index in [4.69, 9.17) is 9.15 Å². The van der Waals surface area contributed by atoms with Crippen LogP contribution in [0, 0.1) is 6.92 Å². The Bertz CT molecular complexity index is 926. The Morgan fingerprint density at radius 2 is 2.07 bits per heavy atom. The molecule has 160 valence electrons. The summed E-state index contributed by atoms with van der Waals surface area (Å²) in [4.78, 5) is 17.5. The number of aromatic nitrogens is 2. The van der Waals surface area contributed by atoms with Crippen LogP contribution in [-0.4, -0.2) is 59.2 Å². The fourth-order valence-electron chi connectivity index (χ4n) is 2.98. The van der Waals surface area contributed by atoms with E-state index in [1.165, 1.54) is 0 Å². The van der Waals surface area contributed by atoms with Crippen molar-refractivity contribution in [2.75, 3.05) is 33.3 Å². The van der Waals surface area contributed by atoms with E-state index in [2.05, 4.69) is 10.2 Å². The van der Waals surface area contributed by atoms with Gasteiger partial charge in [0.05, 0.1) is 18.0 Å². The van der Waals surface area contributed by atoms with E-state index >= 15 is 0 Å². The van der Waals surface area contributed by atoms with Gasteiger partial charge in [-0.3, -0.25) is 9.69 Å².